The molecule has 0 spiro atoms. The fourth-order valence-electron chi connectivity index (χ4n) is 1.82. The highest BCUT2D eigenvalue weighted by Crippen LogP contribution is 2.27. The molecule has 0 aromatic heterocycles. The third kappa shape index (κ3) is 3.55. The van der Waals surface area contributed by atoms with Crippen LogP contribution in [0.3, 0.4) is 0 Å². The van der Waals surface area contributed by atoms with Crippen molar-refractivity contribution in [3.63, 3.8) is 0 Å². The number of hydrogen-bond acceptors (Lipinski definition) is 6. The van der Waals surface area contributed by atoms with Gasteiger partial charge in [-0.1, -0.05) is 0 Å². The molecule has 0 aliphatic carbocycles. The van der Waals surface area contributed by atoms with Gasteiger partial charge in [0.25, 0.3) is 5.79 Å². The van der Waals surface area contributed by atoms with Crippen molar-refractivity contribution in [3.8, 4) is 5.75 Å². The first-order chi connectivity index (χ1) is 10.3. The van der Waals surface area contributed by atoms with E-state index in [9.17, 15) is 14.0 Å². The normalized spacial score (nSPS) is 16.6. The highest BCUT2D eigenvalue weighted by Gasteiger charge is 2.38. The minimum atomic E-state index is -1.29. The zero-order chi connectivity index (χ0) is 16.3. The van der Waals surface area contributed by atoms with Gasteiger partial charge < -0.3 is 19.5 Å². The maximum absolute atomic E-state index is 13.2. The van der Waals surface area contributed by atoms with Crippen LogP contribution in [0.1, 0.15) is 20.8 Å². The van der Waals surface area contributed by atoms with Gasteiger partial charge in [-0.25, -0.2) is 14.0 Å². The third-order valence-corrected chi connectivity index (χ3v) is 2.73. The van der Waals surface area contributed by atoms with Gasteiger partial charge in [0.15, 0.2) is 5.57 Å². The molecule has 1 fully saturated rings. The van der Waals surface area contributed by atoms with Gasteiger partial charge >= 0.3 is 11.9 Å². The molecule has 2 rings (SSSR count). The van der Waals surface area contributed by atoms with Crippen molar-refractivity contribution in [2.75, 3.05) is 11.9 Å². The van der Waals surface area contributed by atoms with Crippen LogP contribution in [0.5, 0.6) is 5.75 Å². The van der Waals surface area contributed by atoms with Gasteiger partial charge in [0.05, 0.1) is 12.3 Å². The van der Waals surface area contributed by atoms with Gasteiger partial charge in [-0.15, -0.1) is 0 Å². The number of hydrogen-bond donors (Lipinski definition) is 1. The number of ether oxygens (including phenoxy) is 3. The summed E-state index contributed by atoms with van der Waals surface area (Å²) in [7, 11) is 0. The lowest BCUT2D eigenvalue weighted by molar-refractivity contribution is -0.222. The standard InChI is InChI=1S/C15H16FNO5/c1-4-20-12-7-9(16)5-6-11(12)17-8-10-13(18)21-15(2,3)22-14(10)19/h5-8,17H,4H2,1-3H3. The topological polar surface area (TPSA) is 73.9 Å². The molecule has 22 heavy (non-hydrogen) atoms. The van der Waals surface area contributed by atoms with Crippen LogP contribution in [0.2, 0.25) is 0 Å². The minimum Gasteiger partial charge on any atom is -0.492 e. The van der Waals surface area contributed by atoms with Crippen molar-refractivity contribution >= 4 is 17.6 Å². The molecule has 0 bridgehead atoms. The molecule has 118 valence electrons. The van der Waals surface area contributed by atoms with E-state index < -0.39 is 23.5 Å². The van der Waals surface area contributed by atoms with E-state index in [1.165, 1.54) is 32.0 Å². The Balaban J connectivity index is 2.21. The highest BCUT2D eigenvalue weighted by molar-refractivity contribution is 6.15. The number of cyclic esters (lactones) is 2. The summed E-state index contributed by atoms with van der Waals surface area (Å²) in [6.07, 6.45) is 1.15. The Hall–Kier alpha value is -2.57. The fraction of sp³-hybridized carbons (Fsp3) is 0.333. The van der Waals surface area contributed by atoms with Crippen molar-refractivity contribution in [1.29, 1.82) is 0 Å². The maximum atomic E-state index is 13.2. The number of benzene rings is 1. The summed E-state index contributed by atoms with van der Waals surface area (Å²) < 4.78 is 28.4. The Kier molecular flexibility index (Phi) is 4.35. The SMILES string of the molecule is CCOc1cc(F)ccc1NC=C1C(=O)OC(C)(C)OC1=O. The predicted octanol–water partition coefficient (Wildman–Crippen LogP) is 2.36. The van der Waals surface area contributed by atoms with E-state index in [-0.39, 0.29) is 11.3 Å². The van der Waals surface area contributed by atoms with Crippen molar-refractivity contribution < 1.29 is 28.2 Å². The Morgan fingerprint density at radius 2 is 1.91 bits per heavy atom. The Morgan fingerprint density at radius 1 is 1.27 bits per heavy atom. The second kappa shape index (κ2) is 6.05. The van der Waals surface area contributed by atoms with Crippen molar-refractivity contribution in [1.82, 2.24) is 0 Å². The lowest BCUT2D eigenvalue weighted by atomic mass is 10.2. The molecule has 1 saturated heterocycles. The molecule has 0 radical (unpaired) electrons. The average Bonchev–Trinajstić information content (AvgIpc) is 2.39. The van der Waals surface area contributed by atoms with Gasteiger partial charge in [0.2, 0.25) is 0 Å². The molecule has 1 aromatic rings. The van der Waals surface area contributed by atoms with Crippen LogP contribution >= 0.6 is 0 Å². The van der Waals surface area contributed by atoms with Crippen LogP contribution in [0, 0.1) is 5.82 Å². The van der Waals surface area contributed by atoms with Crippen LogP contribution < -0.4 is 10.1 Å². The van der Waals surface area contributed by atoms with E-state index in [4.69, 9.17) is 14.2 Å². The molecule has 0 amide bonds. The summed E-state index contributed by atoms with van der Waals surface area (Å²) in [5.74, 6) is -3.09. The third-order valence-electron chi connectivity index (χ3n) is 2.73. The minimum absolute atomic E-state index is 0.261. The summed E-state index contributed by atoms with van der Waals surface area (Å²) in [5.41, 5.74) is 0.118. The molecule has 7 heteroatoms. The summed E-state index contributed by atoms with van der Waals surface area (Å²) in [4.78, 5) is 23.6. The van der Waals surface area contributed by atoms with Crippen molar-refractivity contribution in [2.45, 2.75) is 26.6 Å². The van der Waals surface area contributed by atoms with E-state index in [1.54, 1.807) is 6.92 Å². The number of rotatable bonds is 4. The van der Waals surface area contributed by atoms with Crippen molar-refractivity contribution in [3.05, 3.63) is 35.8 Å². The van der Waals surface area contributed by atoms with E-state index in [0.717, 1.165) is 6.20 Å². The molecule has 1 N–H and O–H groups in total. The van der Waals surface area contributed by atoms with Crippen molar-refractivity contribution in [2.24, 2.45) is 0 Å². The molecule has 1 aliphatic rings. The van der Waals surface area contributed by atoms with E-state index >= 15 is 0 Å². The largest absolute Gasteiger partial charge is 0.492 e. The van der Waals surface area contributed by atoms with E-state index in [0.29, 0.717) is 12.3 Å². The monoisotopic (exact) mass is 309 g/mol. The van der Waals surface area contributed by atoms with E-state index in [2.05, 4.69) is 5.32 Å². The average molecular weight is 309 g/mol. The summed E-state index contributed by atoms with van der Waals surface area (Å²) in [6, 6.07) is 3.86. The molecule has 6 nitrogen and oxygen atoms in total. The van der Waals surface area contributed by atoms with Crippen LogP contribution in [-0.4, -0.2) is 24.3 Å². The molecular weight excluding hydrogens is 293 g/mol. The van der Waals surface area contributed by atoms with Crippen LogP contribution in [0.15, 0.2) is 30.0 Å². The van der Waals surface area contributed by atoms with Gasteiger partial charge in [-0.05, 0) is 19.1 Å². The first kappa shape index (κ1) is 15.8. The van der Waals surface area contributed by atoms with Gasteiger partial charge in [0, 0.05) is 26.1 Å². The van der Waals surface area contributed by atoms with Crippen LogP contribution in [0.4, 0.5) is 10.1 Å². The van der Waals surface area contributed by atoms with Crippen LogP contribution in [0.25, 0.3) is 0 Å². The zero-order valence-electron chi connectivity index (χ0n) is 12.4. The molecule has 1 aliphatic heterocycles. The molecular formula is C15H16FNO5. The zero-order valence-corrected chi connectivity index (χ0v) is 12.4. The molecule has 0 saturated carbocycles. The first-order valence-corrected chi connectivity index (χ1v) is 6.68. The Labute approximate surface area is 126 Å². The smallest absolute Gasteiger partial charge is 0.350 e. The lowest BCUT2D eigenvalue weighted by Gasteiger charge is -2.29. The number of nitrogens with one attached hydrogen (secondary N) is 1. The van der Waals surface area contributed by atoms with Gasteiger partial charge in [0.1, 0.15) is 11.6 Å². The summed E-state index contributed by atoms with van der Waals surface area (Å²) in [6.45, 7) is 5.01. The number of carbonyl (C=O) groups is 2. The molecule has 1 aromatic carbocycles. The summed E-state index contributed by atoms with van der Waals surface area (Å²) >= 11 is 0. The number of anilines is 1. The fourth-order valence-corrected chi connectivity index (χ4v) is 1.82. The van der Waals surface area contributed by atoms with Crippen LogP contribution in [-0.2, 0) is 19.1 Å². The predicted molar refractivity (Wildman–Crippen MR) is 75.5 cm³/mol. The Bertz CT molecular complexity index is 617. The molecule has 0 unspecified atom stereocenters. The molecule has 0 atom stereocenters. The first-order valence-electron chi connectivity index (χ1n) is 6.68. The van der Waals surface area contributed by atoms with Gasteiger partial charge in [-0.3, -0.25) is 0 Å². The molecule has 1 heterocycles. The summed E-state index contributed by atoms with van der Waals surface area (Å²) in [5, 5.41) is 2.73. The quantitative estimate of drug-likeness (QED) is 0.523. The Morgan fingerprint density at radius 3 is 2.50 bits per heavy atom. The number of carbonyl (C=O) groups excluding carboxylic acids is 2. The highest BCUT2D eigenvalue weighted by atomic mass is 19.1. The second-order valence-corrected chi connectivity index (χ2v) is 4.95. The van der Waals surface area contributed by atoms with Gasteiger partial charge in [-0.2, -0.15) is 0 Å². The van der Waals surface area contributed by atoms with E-state index in [1.807, 2.05) is 0 Å². The second-order valence-electron chi connectivity index (χ2n) is 4.95. The number of halogens is 1. The number of esters is 2. The maximum Gasteiger partial charge on any atom is 0.350 e. The lowest BCUT2D eigenvalue weighted by Crippen LogP contribution is -2.42.